The number of rotatable bonds is 9. The molecule has 3 aromatic carbocycles. The lowest BCUT2D eigenvalue weighted by atomic mass is 9.97. The van der Waals surface area contributed by atoms with Crippen LogP contribution in [0.25, 0.3) is 16.8 Å². The van der Waals surface area contributed by atoms with Crippen LogP contribution in [0.4, 0.5) is 5.82 Å². The van der Waals surface area contributed by atoms with Crippen LogP contribution in [0.2, 0.25) is 0 Å². The molecule has 2 heterocycles. The van der Waals surface area contributed by atoms with Crippen molar-refractivity contribution in [2.75, 3.05) is 11.9 Å². The zero-order valence-corrected chi connectivity index (χ0v) is 21.5. The molecule has 0 fully saturated rings. The summed E-state index contributed by atoms with van der Waals surface area (Å²) < 4.78 is 8.17. The monoisotopic (exact) mass is 514 g/mol. The van der Waals surface area contributed by atoms with Crippen molar-refractivity contribution in [1.29, 1.82) is 0 Å². The Morgan fingerprint density at radius 2 is 1.68 bits per heavy atom. The number of pyridine rings is 1. The lowest BCUT2D eigenvalue weighted by Gasteiger charge is -2.14. The van der Waals surface area contributed by atoms with Gasteiger partial charge in [-0.25, -0.2) is 4.98 Å². The SMILES string of the molecule is Cc1c(COc2ccc3nc([C@H](N)CO)c(NCc4ccccc4)n3c2)cccc1-c1ccccc1.Cl. The van der Waals surface area contributed by atoms with E-state index in [2.05, 4.69) is 71.8 Å². The number of nitrogens with one attached hydrogen (secondary N) is 1. The fourth-order valence-electron chi connectivity index (χ4n) is 4.36. The molecule has 0 saturated carbocycles. The van der Waals surface area contributed by atoms with E-state index in [0.29, 0.717) is 18.8 Å². The maximum atomic E-state index is 9.69. The summed E-state index contributed by atoms with van der Waals surface area (Å²) in [7, 11) is 0. The van der Waals surface area contributed by atoms with Gasteiger partial charge in [0.25, 0.3) is 0 Å². The molecule has 0 aliphatic carbocycles. The Bertz CT molecular complexity index is 1460. The molecule has 190 valence electrons. The average Bonchev–Trinajstić information content (AvgIpc) is 3.29. The first-order valence-corrected chi connectivity index (χ1v) is 12.1. The Morgan fingerprint density at radius 3 is 2.41 bits per heavy atom. The summed E-state index contributed by atoms with van der Waals surface area (Å²) in [5.41, 5.74) is 13.4. The summed E-state index contributed by atoms with van der Waals surface area (Å²) in [6, 6.07) is 30.0. The van der Waals surface area contributed by atoms with Gasteiger partial charge >= 0.3 is 0 Å². The second-order valence-corrected chi connectivity index (χ2v) is 8.81. The average molecular weight is 515 g/mol. The Balaban J connectivity index is 0.00000320. The molecule has 37 heavy (non-hydrogen) atoms. The number of aliphatic hydroxyl groups is 1. The first-order valence-electron chi connectivity index (χ1n) is 12.1. The molecule has 0 saturated heterocycles. The third-order valence-electron chi connectivity index (χ3n) is 6.39. The minimum atomic E-state index is -0.587. The van der Waals surface area contributed by atoms with E-state index in [1.807, 2.05) is 47.0 Å². The summed E-state index contributed by atoms with van der Waals surface area (Å²) >= 11 is 0. The molecule has 2 aromatic heterocycles. The Hall–Kier alpha value is -3.84. The van der Waals surface area contributed by atoms with Crippen LogP contribution in [0.5, 0.6) is 5.75 Å². The summed E-state index contributed by atoms with van der Waals surface area (Å²) in [4.78, 5) is 4.67. The van der Waals surface area contributed by atoms with E-state index < -0.39 is 6.04 Å². The number of nitrogens with two attached hydrogens (primary N) is 1. The van der Waals surface area contributed by atoms with Crippen molar-refractivity contribution < 1.29 is 9.84 Å². The zero-order valence-electron chi connectivity index (χ0n) is 20.7. The van der Waals surface area contributed by atoms with E-state index in [9.17, 15) is 5.11 Å². The lowest BCUT2D eigenvalue weighted by Crippen LogP contribution is -2.17. The largest absolute Gasteiger partial charge is 0.487 e. The fraction of sp³-hybridized carbons (Fsp3) is 0.167. The second kappa shape index (κ2) is 11.9. The predicted molar refractivity (Wildman–Crippen MR) is 151 cm³/mol. The van der Waals surface area contributed by atoms with Crippen LogP contribution >= 0.6 is 12.4 Å². The van der Waals surface area contributed by atoms with E-state index in [0.717, 1.165) is 28.3 Å². The molecular weight excluding hydrogens is 484 g/mol. The second-order valence-electron chi connectivity index (χ2n) is 8.81. The van der Waals surface area contributed by atoms with Gasteiger partial charge in [-0.05, 0) is 46.9 Å². The van der Waals surface area contributed by atoms with Crippen LogP contribution in [-0.2, 0) is 13.2 Å². The van der Waals surface area contributed by atoms with Crippen molar-refractivity contribution in [3.63, 3.8) is 0 Å². The minimum absolute atomic E-state index is 0. The van der Waals surface area contributed by atoms with E-state index in [1.165, 1.54) is 16.7 Å². The van der Waals surface area contributed by atoms with E-state index >= 15 is 0 Å². The van der Waals surface area contributed by atoms with Crippen LogP contribution in [0.15, 0.2) is 97.2 Å². The zero-order chi connectivity index (χ0) is 24.9. The molecular formula is C30H31ClN4O2. The van der Waals surface area contributed by atoms with Crippen molar-refractivity contribution in [2.45, 2.75) is 26.1 Å². The Kier molecular flexibility index (Phi) is 8.46. The number of hydrogen-bond acceptors (Lipinski definition) is 5. The summed E-state index contributed by atoms with van der Waals surface area (Å²) in [5, 5.41) is 13.1. The summed E-state index contributed by atoms with van der Waals surface area (Å²) in [6.07, 6.45) is 1.92. The normalized spacial score (nSPS) is 11.6. The molecule has 0 aliphatic rings. The molecule has 0 unspecified atom stereocenters. The van der Waals surface area contributed by atoms with Gasteiger partial charge in [-0.3, -0.25) is 4.40 Å². The van der Waals surface area contributed by atoms with Crippen molar-refractivity contribution in [3.8, 4) is 16.9 Å². The molecule has 0 radical (unpaired) electrons. The van der Waals surface area contributed by atoms with Gasteiger partial charge in [-0.15, -0.1) is 12.4 Å². The number of hydrogen-bond donors (Lipinski definition) is 3. The highest BCUT2D eigenvalue weighted by molar-refractivity contribution is 5.85. The lowest BCUT2D eigenvalue weighted by molar-refractivity contribution is 0.266. The van der Waals surface area contributed by atoms with Crippen LogP contribution in [-0.4, -0.2) is 21.1 Å². The third-order valence-corrected chi connectivity index (χ3v) is 6.39. The fourth-order valence-corrected chi connectivity index (χ4v) is 4.36. The molecule has 6 nitrogen and oxygen atoms in total. The molecule has 4 N–H and O–H groups in total. The molecule has 0 aliphatic heterocycles. The number of halogens is 1. The van der Waals surface area contributed by atoms with Gasteiger partial charge in [0.2, 0.25) is 0 Å². The number of aromatic nitrogens is 2. The molecule has 5 rings (SSSR count). The maximum Gasteiger partial charge on any atom is 0.139 e. The van der Waals surface area contributed by atoms with Gasteiger partial charge < -0.3 is 20.9 Å². The highest BCUT2D eigenvalue weighted by Gasteiger charge is 2.18. The molecule has 5 aromatic rings. The summed E-state index contributed by atoms with van der Waals surface area (Å²) in [6.45, 7) is 3.00. The van der Waals surface area contributed by atoms with Gasteiger partial charge in [-0.1, -0.05) is 78.9 Å². The van der Waals surface area contributed by atoms with Crippen molar-refractivity contribution in [3.05, 3.63) is 120 Å². The van der Waals surface area contributed by atoms with Gasteiger partial charge in [0.05, 0.1) is 18.8 Å². The standard InChI is InChI=1S/C30H30N4O2.ClH/c1-21-24(13-8-14-26(21)23-11-6-3-7-12-23)20-36-25-15-16-28-33-29(27(31)19-35)30(34(28)18-25)32-17-22-9-4-2-5-10-22;/h2-16,18,27,32,35H,17,19-20,31H2,1H3;1H/t27-;/m1./s1. The predicted octanol–water partition coefficient (Wildman–Crippen LogP) is 5.91. The van der Waals surface area contributed by atoms with Crippen molar-refractivity contribution in [2.24, 2.45) is 5.73 Å². The van der Waals surface area contributed by atoms with Gasteiger partial charge in [0.1, 0.15) is 29.5 Å². The van der Waals surface area contributed by atoms with Crippen molar-refractivity contribution in [1.82, 2.24) is 9.38 Å². The molecule has 0 spiro atoms. The van der Waals surface area contributed by atoms with Crippen LogP contribution in [0, 0.1) is 6.92 Å². The number of aliphatic hydroxyl groups excluding tert-OH is 1. The van der Waals surface area contributed by atoms with Crippen molar-refractivity contribution >= 4 is 23.9 Å². The number of fused-ring (bicyclic) bond motifs is 1. The smallest absolute Gasteiger partial charge is 0.139 e. The third kappa shape index (κ3) is 5.78. The van der Waals surface area contributed by atoms with E-state index in [4.69, 9.17) is 10.5 Å². The Labute approximate surface area is 223 Å². The number of nitrogens with zero attached hydrogens (tertiary/aromatic N) is 2. The molecule has 0 amide bonds. The highest BCUT2D eigenvalue weighted by atomic mass is 35.5. The number of anilines is 1. The minimum Gasteiger partial charge on any atom is -0.487 e. The van der Waals surface area contributed by atoms with E-state index in [1.54, 1.807) is 0 Å². The van der Waals surface area contributed by atoms with Gasteiger partial charge in [-0.2, -0.15) is 0 Å². The van der Waals surface area contributed by atoms with Gasteiger partial charge in [0.15, 0.2) is 0 Å². The summed E-state index contributed by atoms with van der Waals surface area (Å²) in [5.74, 6) is 1.47. The Morgan fingerprint density at radius 1 is 0.946 bits per heavy atom. The molecule has 1 atom stereocenters. The first-order chi connectivity index (χ1) is 17.6. The molecule has 7 heteroatoms. The topological polar surface area (TPSA) is 84.8 Å². The molecule has 0 bridgehead atoms. The van der Waals surface area contributed by atoms with Crippen LogP contribution in [0.3, 0.4) is 0 Å². The number of imidazole rings is 1. The van der Waals surface area contributed by atoms with Crippen LogP contribution in [0.1, 0.15) is 28.4 Å². The van der Waals surface area contributed by atoms with Crippen LogP contribution < -0.4 is 15.8 Å². The van der Waals surface area contributed by atoms with Gasteiger partial charge in [0, 0.05) is 6.54 Å². The quantitative estimate of drug-likeness (QED) is 0.227. The number of benzene rings is 3. The maximum absolute atomic E-state index is 9.69. The number of ether oxygens (including phenoxy) is 1. The first kappa shape index (κ1) is 26.2. The van der Waals surface area contributed by atoms with E-state index in [-0.39, 0.29) is 19.0 Å². The highest BCUT2D eigenvalue weighted by Crippen LogP contribution is 2.28.